The largest absolute Gasteiger partial charge is 0.497 e. The van der Waals surface area contributed by atoms with Crippen molar-refractivity contribution < 1.29 is 55.6 Å². The van der Waals surface area contributed by atoms with E-state index in [2.05, 4.69) is 151 Å². The average molecular weight is 1370 g/mol. The number of hydrogen-bond acceptors (Lipinski definition) is 12. The maximum Gasteiger partial charge on any atom is 0.231 e. The van der Waals surface area contributed by atoms with Crippen molar-refractivity contribution in [2.45, 2.75) is 198 Å². The molecule has 92 heavy (non-hydrogen) atoms. The van der Waals surface area contributed by atoms with Crippen LogP contribution in [0.2, 0.25) is 115 Å². The van der Waals surface area contributed by atoms with Crippen LogP contribution < -0.4 is 33.2 Å². The van der Waals surface area contributed by atoms with Crippen LogP contribution in [-0.2, 0) is 62.5 Å². The Kier molecular flexibility index (Phi) is 34.4. The first-order valence-electron chi connectivity index (χ1n) is 33.4. The van der Waals surface area contributed by atoms with Gasteiger partial charge in [-0.1, -0.05) is 72.8 Å². The van der Waals surface area contributed by atoms with Crippen molar-refractivity contribution in [3.8, 4) is 40.2 Å². The number of aliphatic hydroxyl groups is 1. The van der Waals surface area contributed by atoms with Crippen molar-refractivity contribution in [1.29, 1.82) is 0 Å². The zero-order valence-electron chi connectivity index (χ0n) is 60.1. The summed E-state index contributed by atoms with van der Waals surface area (Å²) in [7, 11) is 1.41. The highest BCUT2D eigenvalue weighted by molar-refractivity contribution is 6.85. The molecule has 0 aliphatic rings. The molecule has 1 N–H and O–H groups in total. The van der Waals surface area contributed by atoms with Gasteiger partial charge in [0.1, 0.15) is 28.7 Å². The predicted molar refractivity (Wildman–Crippen MR) is 398 cm³/mol. The molecule has 0 aliphatic heterocycles. The van der Waals surface area contributed by atoms with E-state index < -0.39 is 49.9 Å². The SMILES string of the molecule is COc1ccc(CCC[Si](C)(C)O[Si](C)(C)CCCc2ccc(OC)c(OC)c2)cc1CO.COc1ccc(CCC[Si](C)(C)O[Si](C)(C)CCCc2ccc(OC)cc2)cc1.COc1ccccc1CCC[Si](C)(C)OO[Si](C)(C)CCCc1ccccc1OC. The number of aliphatic hydroxyl groups excluding tert-OH is 1. The number of benzene rings is 6. The molecule has 0 aliphatic carbocycles. The van der Waals surface area contributed by atoms with Crippen molar-refractivity contribution in [2.24, 2.45) is 0 Å². The summed E-state index contributed by atoms with van der Waals surface area (Å²) in [6, 6.07) is 52.5. The zero-order valence-corrected chi connectivity index (χ0v) is 66.1. The van der Waals surface area contributed by atoms with Crippen molar-refractivity contribution in [1.82, 2.24) is 0 Å². The summed E-state index contributed by atoms with van der Waals surface area (Å²) < 4.78 is 63.3. The maximum absolute atomic E-state index is 9.55. The highest BCUT2D eigenvalue weighted by Gasteiger charge is 2.34. The van der Waals surface area contributed by atoms with Gasteiger partial charge in [-0.25, -0.2) is 0 Å². The van der Waals surface area contributed by atoms with E-state index >= 15 is 0 Å². The molecule has 0 spiro atoms. The Morgan fingerprint density at radius 1 is 0.272 bits per heavy atom. The van der Waals surface area contributed by atoms with Gasteiger partial charge >= 0.3 is 0 Å². The fourth-order valence-corrected chi connectivity index (χ4v) is 33.6. The lowest BCUT2D eigenvalue weighted by molar-refractivity contribution is -0.125. The van der Waals surface area contributed by atoms with Gasteiger partial charge in [-0.05, 0) is 286 Å². The summed E-state index contributed by atoms with van der Waals surface area (Å²) >= 11 is 0. The van der Waals surface area contributed by atoms with E-state index in [1.165, 1.54) is 58.3 Å². The Morgan fingerprint density at radius 2 is 0.565 bits per heavy atom. The van der Waals surface area contributed by atoms with Gasteiger partial charge in [-0.2, -0.15) is 0 Å². The molecule has 510 valence electrons. The van der Waals surface area contributed by atoms with Gasteiger partial charge in [0.05, 0.1) is 56.4 Å². The molecule has 0 unspecified atom stereocenters. The summed E-state index contributed by atoms with van der Waals surface area (Å²) in [4.78, 5) is 0. The molecule has 0 radical (unpaired) electrons. The lowest BCUT2D eigenvalue weighted by Gasteiger charge is -2.34. The van der Waals surface area contributed by atoms with Crippen LogP contribution in [0.15, 0.2) is 133 Å². The number of hydrogen-bond donors (Lipinski definition) is 1. The summed E-state index contributed by atoms with van der Waals surface area (Å²) in [6.45, 7) is 27.9. The van der Waals surface area contributed by atoms with Gasteiger partial charge in [0.15, 0.2) is 44.8 Å². The third kappa shape index (κ3) is 30.6. The molecule has 0 saturated heterocycles. The second kappa shape index (κ2) is 39.8. The summed E-state index contributed by atoms with van der Waals surface area (Å²) in [5.41, 5.74) is 8.66. The minimum atomic E-state index is -1.86. The van der Waals surface area contributed by atoms with Crippen LogP contribution in [0, 0.1) is 0 Å². The molecule has 0 aromatic heterocycles. The lowest BCUT2D eigenvalue weighted by atomic mass is 10.1. The predicted octanol–water partition coefficient (Wildman–Crippen LogP) is 19.5. The molecular formula is C74H118O12Si6. The minimum absolute atomic E-state index is 0.00344. The van der Waals surface area contributed by atoms with E-state index in [1.807, 2.05) is 60.7 Å². The molecular weight excluding hydrogens is 1250 g/mol. The standard InChI is InChI=1S/C26H42O5Si2.C24H38O4Si2.C24H38O3Si2/c1-28-24-14-12-21(18-23(24)20-27)10-8-16-32(4,5)31-33(6,7)17-9-11-22-13-15-25(29-2)26(19-22)30-3;1-25-23-17-9-7-13-21(23)15-11-19-29(3,4)27-28-30(5,6)20-12-16-22-14-8-10-18-24(22)26-2;1-25-23-15-11-21(12-16-23)9-7-19-28(3,4)27-29(5,6)20-8-10-22-13-17-24(26-2)18-14-22/h12-15,18-19,27H,8-11,16-17,20H2,1-7H3;7-10,13-14,17-18H,11-12,15-16,19-20H2,1-6H3;11-18H,7-10,19-20H2,1-6H3. The quantitative estimate of drug-likeness (QED) is 0.0225. The van der Waals surface area contributed by atoms with Crippen molar-refractivity contribution in [3.63, 3.8) is 0 Å². The molecule has 0 heterocycles. The van der Waals surface area contributed by atoms with Crippen molar-refractivity contribution in [3.05, 3.63) is 172 Å². The van der Waals surface area contributed by atoms with Crippen molar-refractivity contribution >= 4 is 49.9 Å². The lowest BCUT2D eigenvalue weighted by Crippen LogP contribution is -2.44. The molecule has 0 saturated carbocycles. The van der Waals surface area contributed by atoms with Gasteiger partial charge in [-0.3, -0.25) is 9.15 Å². The molecule has 6 aromatic carbocycles. The Morgan fingerprint density at radius 3 is 0.913 bits per heavy atom. The van der Waals surface area contributed by atoms with Gasteiger partial charge in [0, 0.05) is 5.56 Å². The van der Waals surface area contributed by atoms with Crippen LogP contribution in [0.4, 0.5) is 0 Å². The Balaban J connectivity index is 0.000000295. The van der Waals surface area contributed by atoms with E-state index in [1.54, 1.807) is 49.8 Å². The number of aryl methyl sites for hydroxylation is 6. The van der Waals surface area contributed by atoms with Gasteiger partial charge in [-0.15, -0.1) is 0 Å². The third-order valence-electron chi connectivity index (χ3n) is 16.7. The second-order valence-corrected chi connectivity index (χ2v) is 53.9. The molecule has 0 bridgehead atoms. The van der Waals surface area contributed by atoms with Crippen molar-refractivity contribution in [2.75, 3.05) is 49.8 Å². The fourth-order valence-electron chi connectivity index (χ4n) is 11.8. The van der Waals surface area contributed by atoms with Crippen LogP contribution in [0.5, 0.6) is 40.2 Å². The van der Waals surface area contributed by atoms with Crippen LogP contribution in [-0.4, -0.2) is 105 Å². The average Bonchev–Trinajstić information content (AvgIpc) is 1.81. The number of methoxy groups -OCH3 is 7. The smallest absolute Gasteiger partial charge is 0.231 e. The normalized spacial score (nSPS) is 12.0. The van der Waals surface area contributed by atoms with Crippen LogP contribution >= 0.6 is 0 Å². The van der Waals surface area contributed by atoms with E-state index in [0.29, 0.717) is 0 Å². The first-order valence-corrected chi connectivity index (χ1v) is 52.1. The molecule has 0 amide bonds. The maximum atomic E-state index is 9.55. The Labute approximate surface area is 563 Å². The summed E-state index contributed by atoms with van der Waals surface area (Å²) in [5.74, 6) is 6.10. The third-order valence-corrected chi connectivity index (χ3v) is 36.1. The monoisotopic (exact) mass is 1370 g/mol. The summed E-state index contributed by atoms with van der Waals surface area (Å²) in [5, 5.41) is 9.55. The zero-order chi connectivity index (χ0) is 67.9. The first kappa shape index (κ1) is 79.5. The molecule has 12 nitrogen and oxygen atoms in total. The van der Waals surface area contributed by atoms with Crippen LogP contribution in [0.3, 0.4) is 0 Å². The van der Waals surface area contributed by atoms with Crippen LogP contribution in [0.1, 0.15) is 77.5 Å². The highest BCUT2D eigenvalue weighted by Crippen LogP contribution is 2.32. The number of ether oxygens (including phenoxy) is 7. The summed E-state index contributed by atoms with van der Waals surface area (Å²) in [6.07, 6.45) is 13.0. The Bertz CT molecular complexity index is 2830. The number of rotatable bonds is 39. The van der Waals surface area contributed by atoms with Gasteiger partial charge < -0.3 is 46.5 Å². The highest BCUT2D eigenvalue weighted by atomic mass is 28.4. The molecule has 0 fully saturated rings. The minimum Gasteiger partial charge on any atom is -0.497 e. The molecule has 18 heteroatoms. The fraction of sp³-hybridized carbons (Fsp3) is 0.514. The topological polar surface area (TPSA) is 122 Å². The van der Waals surface area contributed by atoms with E-state index in [0.717, 1.165) is 134 Å². The molecule has 6 aromatic rings. The van der Waals surface area contributed by atoms with Gasteiger partial charge in [0.2, 0.25) is 16.6 Å². The first-order chi connectivity index (χ1) is 43.6. The molecule has 6 rings (SSSR count). The second-order valence-electron chi connectivity index (χ2n) is 27.9. The Hall–Kier alpha value is -4.98. The number of para-hydroxylation sites is 2. The molecule has 0 atom stereocenters. The van der Waals surface area contributed by atoms with E-state index in [9.17, 15) is 5.11 Å². The van der Waals surface area contributed by atoms with Gasteiger partial charge in [0.25, 0.3) is 0 Å². The van der Waals surface area contributed by atoms with E-state index in [-0.39, 0.29) is 6.61 Å². The van der Waals surface area contributed by atoms with Crippen LogP contribution in [0.25, 0.3) is 0 Å². The van der Waals surface area contributed by atoms with E-state index in [4.69, 9.17) is 50.5 Å².